The number of aryl methyl sites for hydroxylation is 1. The van der Waals surface area contributed by atoms with Crippen molar-refractivity contribution in [2.24, 2.45) is 5.92 Å². The van der Waals surface area contributed by atoms with Crippen molar-refractivity contribution in [3.8, 4) is 0 Å². The molecule has 0 spiro atoms. The minimum atomic E-state index is 0.692. The Kier molecular flexibility index (Phi) is 4.97. The maximum absolute atomic E-state index is 3.70. The molecule has 21 heavy (non-hydrogen) atoms. The van der Waals surface area contributed by atoms with E-state index >= 15 is 0 Å². The van der Waals surface area contributed by atoms with Gasteiger partial charge >= 0.3 is 0 Å². The minimum absolute atomic E-state index is 0.692. The predicted molar refractivity (Wildman–Crippen MR) is 89.8 cm³/mol. The van der Waals surface area contributed by atoms with Crippen LogP contribution in [0.5, 0.6) is 0 Å². The molecule has 2 heteroatoms. The Morgan fingerprint density at radius 3 is 3.00 bits per heavy atom. The molecule has 1 saturated heterocycles. The van der Waals surface area contributed by atoms with E-state index in [9.17, 15) is 0 Å². The zero-order chi connectivity index (χ0) is 14.7. The molecule has 2 nitrogen and oxygen atoms in total. The second-order valence-corrected chi connectivity index (χ2v) is 7.33. The Bertz CT molecular complexity index is 455. The Hall–Kier alpha value is -0.860. The lowest BCUT2D eigenvalue weighted by Gasteiger charge is -2.37. The molecule has 1 aromatic carbocycles. The van der Waals surface area contributed by atoms with Crippen molar-refractivity contribution >= 4 is 0 Å². The first-order valence-corrected chi connectivity index (χ1v) is 8.76. The van der Waals surface area contributed by atoms with Crippen LogP contribution in [0.2, 0.25) is 0 Å². The van der Waals surface area contributed by atoms with E-state index in [1.165, 1.54) is 45.3 Å². The normalized spacial score (nSPS) is 26.8. The number of hydrogen-bond donors (Lipinski definition) is 1. The standard InChI is InChI=1S/C19H30N2/c1-15(2)12-18-14-21(11-10-20-18)13-17-8-5-7-16-6-3-4-9-19(16)17/h3-4,6,9,15,17-18,20H,5,7-8,10-14H2,1-2H3. The molecule has 1 aromatic rings. The number of rotatable bonds is 4. The quantitative estimate of drug-likeness (QED) is 0.912. The summed E-state index contributed by atoms with van der Waals surface area (Å²) in [5, 5.41) is 3.70. The van der Waals surface area contributed by atoms with Crippen LogP contribution in [0.1, 0.15) is 50.2 Å². The van der Waals surface area contributed by atoms with Crippen LogP contribution < -0.4 is 5.32 Å². The van der Waals surface area contributed by atoms with Crippen LogP contribution in [-0.2, 0) is 6.42 Å². The molecule has 0 aromatic heterocycles. The molecule has 2 unspecified atom stereocenters. The first-order valence-electron chi connectivity index (χ1n) is 8.76. The van der Waals surface area contributed by atoms with E-state index in [2.05, 4.69) is 48.3 Å². The summed E-state index contributed by atoms with van der Waals surface area (Å²) in [6.07, 6.45) is 5.32. The van der Waals surface area contributed by atoms with Crippen LogP contribution >= 0.6 is 0 Å². The second kappa shape index (κ2) is 6.93. The molecular formula is C19H30N2. The van der Waals surface area contributed by atoms with Gasteiger partial charge in [-0.25, -0.2) is 0 Å². The van der Waals surface area contributed by atoms with Crippen molar-refractivity contribution in [1.82, 2.24) is 10.2 Å². The first-order chi connectivity index (χ1) is 10.2. The molecule has 2 atom stereocenters. The topological polar surface area (TPSA) is 15.3 Å². The van der Waals surface area contributed by atoms with Crippen molar-refractivity contribution in [3.05, 3.63) is 35.4 Å². The Morgan fingerprint density at radius 1 is 1.29 bits per heavy atom. The lowest BCUT2D eigenvalue weighted by molar-refractivity contribution is 0.173. The molecule has 1 N–H and O–H groups in total. The van der Waals surface area contributed by atoms with E-state index in [0.29, 0.717) is 6.04 Å². The number of fused-ring (bicyclic) bond motifs is 1. The summed E-state index contributed by atoms with van der Waals surface area (Å²) >= 11 is 0. The van der Waals surface area contributed by atoms with Gasteiger partial charge in [-0.3, -0.25) is 4.90 Å². The van der Waals surface area contributed by atoms with Crippen LogP contribution in [0.15, 0.2) is 24.3 Å². The van der Waals surface area contributed by atoms with E-state index in [4.69, 9.17) is 0 Å². The largest absolute Gasteiger partial charge is 0.311 e. The van der Waals surface area contributed by atoms with Gasteiger partial charge in [0.2, 0.25) is 0 Å². The van der Waals surface area contributed by atoms with Gasteiger partial charge in [-0.15, -0.1) is 0 Å². The van der Waals surface area contributed by atoms with Crippen molar-refractivity contribution in [2.45, 2.75) is 51.5 Å². The second-order valence-electron chi connectivity index (χ2n) is 7.33. The van der Waals surface area contributed by atoms with Crippen LogP contribution in [0.25, 0.3) is 0 Å². The Labute approximate surface area is 129 Å². The highest BCUT2D eigenvalue weighted by Gasteiger charge is 2.25. The molecule has 0 saturated carbocycles. The van der Waals surface area contributed by atoms with Gasteiger partial charge in [-0.05, 0) is 48.6 Å². The van der Waals surface area contributed by atoms with Gasteiger partial charge in [0.25, 0.3) is 0 Å². The van der Waals surface area contributed by atoms with E-state index in [-0.39, 0.29) is 0 Å². The third-order valence-corrected chi connectivity index (χ3v) is 5.07. The average Bonchev–Trinajstić information content (AvgIpc) is 2.47. The maximum atomic E-state index is 3.70. The zero-order valence-corrected chi connectivity index (χ0v) is 13.6. The number of piperazine rings is 1. The van der Waals surface area contributed by atoms with Gasteiger partial charge in [-0.2, -0.15) is 0 Å². The number of nitrogens with zero attached hydrogens (tertiary/aromatic N) is 1. The average molecular weight is 286 g/mol. The fourth-order valence-corrected chi connectivity index (χ4v) is 4.14. The minimum Gasteiger partial charge on any atom is -0.311 e. The monoisotopic (exact) mass is 286 g/mol. The lowest BCUT2D eigenvalue weighted by Crippen LogP contribution is -2.52. The third kappa shape index (κ3) is 3.87. The molecule has 1 fully saturated rings. The van der Waals surface area contributed by atoms with E-state index in [1.807, 2.05) is 0 Å². The van der Waals surface area contributed by atoms with Gasteiger partial charge in [0.15, 0.2) is 0 Å². The summed E-state index contributed by atoms with van der Waals surface area (Å²) in [7, 11) is 0. The van der Waals surface area contributed by atoms with Crippen LogP contribution in [0.4, 0.5) is 0 Å². The van der Waals surface area contributed by atoms with Crippen molar-refractivity contribution < 1.29 is 0 Å². The van der Waals surface area contributed by atoms with Crippen molar-refractivity contribution in [3.63, 3.8) is 0 Å². The lowest BCUT2D eigenvalue weighted by atomic mass is 9.82. The third-order valence-electron chi connectivity index (χ3n) is 5.07. The molecule has 116 valence electrons. The molecular weight excluding hydrogens is 256 g/mol. The Balaban J connectivity index is 1.62. The first kappa shape index (κ1) is 15.1. The summed E-state index contributed by atoms with van der Waals surface area (Å²) in [6, 6.07) is 9.81. The van der Waals surface area contributed by atoms with Gasteiger partial charge in [0.05, 0.1) is 0 Å². The van der Waals surface area contributed by atoms with Gasteiger partial charge in [0.1, 0.15) is 0 Å². The summed E-state index contributed by atoms with van der Waals surface area (Å²) in [4.78, 5) is 2.70. The van der Waals surface area contributed by atoms with E-state index in [0.717, 1.165) is 18.4 Å². The number of benzene rings is 1. The molecule has 3 rings (SSSR count). The summed E-state index contributed by atoms with van der Waals surface area (Å²) in [5.74, 6) is 1.55. The molecule has 1 aliphatic heterocycles. The van der Waals surface area contributed by atoms with Crippen LogP contribution in [0, 0.1) is 5.92 Å². The molecule has 0 amide bonds. The van der Waals surface area contributed by atoms with Gasteiger partial charge in [0, 0.05) is 32.2 Å². The molecule has 0 bridgehead atoms. The molecule has 1 aliphatic carbocycles. The molecule has 1 heterocycles. The molecule has 2 aliphatic rings. The highest BCUT2D eigenvalue weighted by atomic mass is 15.2. The number of nitrogens with one attached hydrogen (secondary N) is 1. The zero-order valence-electron chi connectivity index (χ0n) is 13.6. The summed E-state index contributed by atoms with van der Waals surface area (Å²) in [6.45, 7) is 9.53. The maximum Gasteiger partial charge on any atom is 0.0198 e. The predicted octanol–water partition coefficient (Wildman–Crippen LogP) is 3.43. The van der Waals surface area contributed by atoms with Gasteiger partial charge in [-0.1, -0.05) is 38.1 Å². The SMILES string of the molecule is CC(C)CC1CN(CC2CCCc3ccccc32)CCN1. The van der Waals surface area contributed by atoms with E-state index in [1.54, 1.807) is 11.1 Å². The van der Waals surface area contributed by atoms with Gasteiger partial charge < -0.3 is 5.32 Å². The summed E-state index contributed by atoms with van der Waals surface area (Å²) in [5.41, 5.74) is 3.23. The summed E-state index contributed by atoms with van der Waals surface area (Å²) < 4.78 is 0. The Morgan fingerprint density at radius 2 is 2.14 bits per heavy atom. The number of hydrogen-bond acceptors (Lipinski definition) is 2. The van der Waals surface area contributed by atoms with Crippen LogP contribution in [0.3, 0.4) is 0 Å². The van der Waals surface area contributed by atoms with Crippen molar-refractivity contribution in [2.75, 3.05) is 26.2 Å². The van der Waals surface area contributed by atoms with Crippen molar-refractivity contribution in [1.29, 1.82) is 0 Å². The smallest absolute Gasteiger partial charge is 0.0198 e. The highest BCUT2D eigenvalue weighted by Crippen LogP contribution is 2.32. The highest BCUT2D eigenvalue weighted by molar-refractivity contribution is 5.32. The molecule has 0 radical (unpaired) electrons. The fourth-order valence-electron chi connectivity index (χ4n) is 4.14. The van der Waals surface area contributed by atoms with E-state index < -0.39 is 0 Å². The fraction of sp³-hybridized carbons (Fsp3) is 0.684. The van der Waals surface area contributed by atoms with Crippen LogP contribution in [-0.4, -0.2) is 37.1 Å².